The van der Waals surface area contributed by atoms with Gasteiger partial charge in [-0.1, -0.05) is 23.7 Å². The van der Waals surface area contributed by atoms with Crippen molar-refractivity contribution in [3.8, 4) is 11.3 Å². The first-order chi connectivity index (χ1) is 14.3. The number of rotatable bonds is 3. The maximum atomic E-state index is 13.4. The molecule has 0 bridgehead atoms. The Balaban J connectivity index is 1.63. The van der Waals surface area contributed by atoms with E-state index in [1.165, 1.54) is 4.90 Å². The molecule has 3 aromatic rings. The molecule has 0 saturated heterocycles. The summed E-state index contributed by atoms with van der Waals surface area (Å²) in [6.07, 6.45) is 0. The van der Waals surface area contributed by atoms with Crippen molar-refractivity contribution >= 4 is 29.2 Å². The van der Waals surface area contributed by atoms with Gasteiger partial charge in [-0.25, -0.2) is 13.6 Å². The number of carbonyl (C=O) groups excluding carboxylic acids is 2. The SMILES string of the molecule is NC(=O)c1c(-c2cccc(Cl)c2)nn2c1CN(C(=O)Nc1cc(F)cc(F)c1)CC2. The number of nitrogens with zero attached hydrogens (tertiary/aromatic N) is 3. The minimum atomic E-state index is -0.802. The second-order valence-corrected chi connectivity index (χ2v) is 7.21. The number of fused-ring (bicyclic) bond motifs is 1. The largest absolute Gasteiger partial charge is 0.365 e. The summed E-state index contributed by atoms with van der Waals surface area (Å²) in [7, 11) is 0. The molecule has 7 nitrogen and oxygen atoms in total. The van der Waals surface area contributed by atoms with Gasteiger partial charge in [0.1, 0.15) is 17.3 Å². The summed E-state index contributed by atoms with van der Waals surface area (Å²) in [4.78, 5) is 26.2. The first-order valence-corrected chi connectivity index (χ1v) is 9.37. The second-order valence-electron chi connectivity index (χ2n) is 6.78. The Bertz CT molecular complexity index is 1140. The average molecular weight is 432 g/mol. The van der Waals surface area contributed by atoms with Crippen LogP contribution in [0.5, 0.6) is 0 Å². The number of benzene rings is 2. The van der Waals surface area contributed by atoms with Crippen LogP contribution >= 0.6 is 11.6 Å². The van der Waals surface area contributed by atoms with E-state index < -0.39 is 23.6 Å². The van der Waals surface area contributed by atoms with Crippen molar-refractivity contribution in [2.75, 3.05) is 11.9 Å². The first kappa shape index (κ1) is 19.8. The smallest absolute Gasteiger partial charge is 0.322 e. The highest BCUT2D eigenvalue weighted by atomic mass is 35.5. The van der Waals surface area contributed by atoms with Gasteiger partial charge in [0.15, 0.2) is 0 Å². The van der Waals surface area contributed by atoms with E-state index in [0.717, 1.165) is 12.1 Å². The van der Waals surface area contributed by atoms with Crippen LogP contribution in [0.15, 0.2) is 42.5 Å². The zero-order valence-corrected chi connectivity index (χ0v) is 16.3. The minimum Gasteiger partial charge on any atom is -0.365 e. The van der Waals surface area contributed by atoms with Gasteiger partial charge in [0.25, 0.3) is 5.91 Å². The lowest BCUT2D eigenvalue weighted by molar-refractivity contribution is 0.0997. The number of hydrogen-bond acceptors (Lipinski definition) is 3. The third-order valence-electron chi connectivity index (χ3n) is 4.73. The van der Waals surface area contributed by atoms with E-state index in [1.807, 2.05) is 0 Å². The monoisotopic (exact) mass is 431 g/mol. The molecule has 0 atom stereocenters. The lowest BCUT2D eigenvalue weighted by Gasteiger charge is -2.28. The molecule has 0 aliphatic carbocycles. The van der Waals surface area contributed by atoms with Crippen molar-refractivity contribution < 1.29 is 18.4 Å². The Kier molecular flexibility index (Phi) is 5.13. The fourth-order valence-electron chi connectivity index (χ4n) is 3.42. The summed E-state index contributed by atoms with van der Waals surface area (Å²) in [5.41, 5.74) is 7.29. The molecule has 2 aromatic carbocycles. The van der Waals surface area contributed by atoms with Gasteiger partial charge in [0.05, 0.1) is 24.3 Å². The Morgan fingerprint density at radius 1 is 1.10 bits per heavy atom. The molecular weight excluding hydrogens is 416 g/mol. The van der Waals surface area contributed by atoms with Gasteiger partial charge in [0, 0.05) is 28.9 Å². The van der Waals surface area contributed by atoms with Crippen molar-refractivity contribution in [3.63, 3.8) is 0 Å². The zero-order valence-electron chi connectivity index (χ0n) is 15.5. The van der Waals surface area contributed by atoms with Gasteiger partial charge in [-0.15, -0.1) is 0 Å². The number of anilines is 1. The molecule has 30 heavy (non-hydrogen) atoms. The van der Waals surface area contributed by atoms with Crippen LogP contribution in [0.2, 0.25) is 5.02 Å². The first-order valence-electron chi connectivity index (χ1n) is 8.99. The maximum Gasteiger partial charge on any atom is 0.322 e. The summed E-state index contributed by atoms with van der Waals surface area (Å²) in [6.45, 7) is 0.655. The number of hydrogen-bond donors (Lipinski definition) is 2. The fourth-order valence-corrected chi connectivity index (χ4v) is 3.61. The molecule has 0 spiro atoms. The lowest BCUT2D eigenvalue weighted by Crippen LogP contribution is -2.41. The molecule has 4 rings (SSSR count). The molecular formula is C20H16ClF2N5O2. The Morgan fingerprint density at radius 3 is 2.50 bits per heavy atom. The van der Waals surface area contributed by atoms with Gasteiger partial charge in [-0.2, -0.15) is 5.10 Å². The number of urea groups is 1. The van der Waals surface area contributed by atoms with E-state index in [4.69, 9.17) is 17.3 Å². The molecule has 0 radical (unpaired) electrons. The molecule has 0 saturated carbocycles. The lowest BCUT2D eigenvalue weighted by atomic mass is 10.0. The van der Waals surface area contributed by atoms with E-state index in [9.17, 15) is 18.4 Å². The molecule has 0 fully saturated rings. The highest BCUT2D eigenvalue weighted by Crippen LogP contribution is 2.30. The average Bonchev–Trinajstić information content (AvgIpc) is 3.06. The summed E-state index contributed by atoms with van der Waals surface area (Å²) >= 11 is 6.05. The Morgan fingerprint density at radius 2 is 1.83 bits per heavy atom. The van der Waals surface area contributed by atoms with E-state index in [-0.39, 0.29) is 24.3 Å². The van der Waals surface area contributed by atoms with E-state index in [1.54, 1.807) is 28.9 Å². The van der Waals surface area contributed by atoms with E-state index >= 15 is 0 Å². The molecule has 1 aliphatic rings. The second kappa shape index (κ2) is 7.75. The van der Waals surface area contributed by atoms with Crippen LogP contribution in [-0.2, 0) is 13.1 Å². The van der Waals surface area contributed by atoms with E-state index in [0.29, 0.717) is 34.6 Å². The standard InChI is InChI=1S/C20H16ClF2N5O2/c21-12-3-1-2-11(6-12)18-17(19(24)29)16-10-27(4-5-28(16)26-18)20(30)25-15-8-13(22)7-14(23)9-15/h1-3,6-9H,4-5,10H2,(H2,24,29)(H,25,30). The maximum absolute atomic E-state index is 13.4. The third kappa shape index (κ3) is 3.84. The molecule has 10 heteroatoms. The zero-order chi connectivity index (χ0) is 21.4. The van der Waals surface area contributed by atoms with Crippen molar-refractivity contribution in [2.45, 2.75) is 13.1 Å². The van der Waals surface area contributed by atoms with Crippen LogP contribution in [-0.4, -0.2) is 33.2 Å². The number of primary amides is 1. The molecule has 1 aromatic heterocycles. The normalized spacial score (nSPS) is 13.1. The molecule has 2 heterocycles. The molecule has 0 unspecified atom stereocenters. The minimum absolute atomic E-state index is 0.00803. The number of aromatic nitrogens is 2. The van der Waals surface area contributed by atoms with Crippen LogP contribution in [0.4, 0.5) is 19.3 Å². The van der Waals surface area contributed by atoms with Gasteiger partial charge in [0.2, 0.25) is 0 Å². The number of amides is 3. The quantitative estimate of drug-likeness (QED) is 0.663. The van der Waals surface area contributed by atoms with Crippen molar-refractivity contribution in [3.05, 3.63) is 70.4 Å². The van der Waals surface area contributed by atoms with E-state index in [2.05, 4.69) is 10.4 Å². The van der Waals surface area contributed by atoms with Gasteiger partial charge in [-0.3, -0.25) is 9.48 Å². The predicted molar refractivity (Wildman–Crippen MR) is 107 cm³/mol. The van der Waals surface area contributed by atoms with Gasteiger partial charge >= 0.3 is 6.03 Å². The number of carbonyl (C=O) groups is 2. The Labute approximate surface area is 175 Å². The highest BCUT2D eigenvalue weighted by molar-refractivity contribution is 6.30. The number of halogens is 3. The fraction of sp³-hybridized carbons (Fsp3) is 0.150. The Hall–Kier alpha value is -3.46. The van der Waals surface area contributed by atoms with Crippen molar-refractivity contribution in [1.82, 2.24) is 14.7 Å². The van der Waals surface area contributed by atoms with Crippen molar-refractivity contribution in [2.24, 2.45) is 5.73 Å². The van der Waals surface area contributed by atoms with Crippen LogP contribution in [0.25, 0.3) is 11.3 Å². The third-order valence-corrected chi connectivity index (χ3v) is 4.96. The van der Waals surface area contributed by atoms with Crippen LogP contribution < -0.4 is 11.1 Å². The van der Waals surface area contributed by atoms with Crippen LogP contribution in [0.1, 0.15) is 16.1 Å². The van der Waals surface area contributed by atoms with Gasteiger partial charge < -0.3 is 16.0 Å². The number of nitrogens with two attached hydrogens (primary N) is 1. The van der Waals surface area contributed by atoms with Crippen LogP contribution in [0.3, 0.4) is 0 Å². The van der Waals surface area contributed by atoms with Gasteiger partial charge in [-0.05, 0) is 24.3 Å². The molecule has 3 N–H and O–H groups in total. The van der Waals surface area contributed by atoms with Crippen molar-refractivity contribution in [1.29, 1.82) is 0 Å². The molecule has 154 valence electrons. The molecule has 3 amide bonds. The predicted octanol–water partition coefficient (Wildman–Crippen LogP) is 3.63. The number of nitrogens with one attached hydrogen (secondary N) is 1. The molecule has 1 aliphatic heterocycles. The summed E-state index contributed by atoms with van der Waals surface area (Å²) in [6, 6.07) is 9.05. The van der Waals surface area contributed by atoms with Crippen LogP contribution in [0, 0.1) is 11.6 Å². The summed E-state index contributed by atoms with van der Waals surface area (Å²) in [5, 5.41) is 7.43. The summed E-state index contributed by atoms with van der Waals surface area (Å²) in [5.74, 6) is -2.28. The highest BCUT2D eigenvalue weighted by Gasteiger charge is 2.29. The summed E-state index contributed by atoms with van der Waals surface area (Å²) < 4.78 is 28.4. The topological polar surface area (TPSA) is 93.2 Å².